The zero-order chi connectivity index (χ0) is 6.10. The predicted molar refractivity (Wildman–Crippen MR) is 48.6 cm³/mol. The molecule has 0 aromatic rings. The summed E-state index contributed by atoms with van der Waals surface area (Å²) in [4.78, 5) is 0. The van der Waals surface area contributed by atoms with Gasteiger partial charge in [-0.3, -0.25) is 0 Å². The summed E-state index contributed by atoms with van der Waals surface area (Å²) in [6.07, 6.45) is 5.97. The van der Waals surface area contributed by atoms with Crippen molar-refractivity contribution in [3.63, 3.8) is 0 Å². The number of hydrogen-bond acceptors (Lipinski definition) is 1. The van der Waals surface area contributed by atoms with Crippen molar-refractivity contribution in [3.8, 4) is 0 Å². The Labute approximate surface area is 73.3 Å². The average molecular weight is 206 g/mol. The highest BCUT2D eigenvalue weighted by Crippen LogP contribution is 2.31. The van der Waals surface area contributed by atoms with E-state index in [1.807, 2.05) is 0 Å². The largest absolute Gasteiger partial charge is 0.316 e. The Morgan fingerprint density at radius 2 is 1.40 bits per heavy atom. The van der Waals surface area contributed by atoms with E-state index < -0.39 is 0 Å². The maximum Gasteiger partial charge on any atom is -0.00173 e. The van der Waals surface area contributed by atoms with Gasteiger partial charge in [0.2, 0.25) is 0 Å². The molecule has 0 spiro atoms. The minimum absolute atomic E-state index is 0. The molecule has 2 heteroatoms. The summed E-state index contributed by atoms with van der Waals surface area (Å²) in [5.41, 5.74) is 0. The van der Waals surface area contributed by atoms with E-state index >= 15 is 0 Å². The van der Waals surface area contributed by atoms with Gasteiger partial charge >= 0.3 is 0 Å². The third kappa shape index (κ3) is 1.54. The van der Waals surface area contributed by atoms with E-state index in [0.717, 1.165) is 11.8 Å². The Balaban J connectivity index is 0.000000500. The van der Waals surface area contributed by atoms with Crippen molar-refractivity contribution < 1.29 is 0 Å². The summed E-state index contributed by atoms with van der Waals surface area (Å²) < 4.78 is 0. The van der Waals surface area contributed by atoms with E-state index in [0.29, 0.717) is 0 Å². The van der Waals surface area contributed by atoms with E-state index in [1.165, 1.54) is 38.8 Å². The normalized spacial score (nSPS) is 38.4. The fourth-order valence-electron chi connectivity index (χ4n) is 2.28. The van der Waals surface area contributed by atoms with Gasteiger partial charge < -0.3 is 5.32 Å². The molecule has 0 aromatic heterocycles. The molecule has 10 heavy (non-hydrogen) atoms. The molecule has 2 fully saturated rings. The van der Waals surface area contributed by atoms with Gasteiger partial charge in [-0.15, -0.1) is 17.0 Å². The van der Waals surface area contributed by atoms with Crippen LogP contribution < -0.4 is 5.32 Å². The van der Waals surface area contributed by atoms with Crippen LogP contribution in [-0.4, -0.2) is 13.1 Å². The molecule has 0 amide bonds. The van der Waals surface area contributed by atoms with Gasteiger partial charge in [-0.05, 0) is 37.8 Å². The molecule has 0 unspecified atom stereocenters. The van der Waals surface area contributed by atoms with Crippen LogP contribution in [0.3, 0.4) is 0 Å². The van der Waals surface area contributed by atoms with Crippen LogP contribution in [0.4, 0.5) is 0 Å². The summed E-state index contributed by atoms with van der Waals surface area (Å²) in [5, 5.41) is 3.46. The molecule has 2 aliphatic rings. The molecular formula is C8H16BrN. The van der Waals surface area contributed by atoms with Crippen LogP contribution in [0, 0.1) is 11.8 Å². The Kier molecular flexibility index (Phi) is 3.18. The molecule has 0 radical (unpaired) electrons. The molecule has 1 nitrogen and oxygen atoms in total. The highest BCUT2D eigenvalue weighted by Gasteiger charge is 2.28. The van der Waals surface area contributed by atoms with E-state index in [4.69, 9.17) is 0 Å². The van der Waals surface area contributed by atoms with Crippen molar-refractivity contribution in [2.45, 2.75) is 25.7 Å². The van der Waals surface area contributed by atoms with Crippen molar-refractivity contribution >= 4 is 17.0 Å². The molecular weight excluding hydrogens is 190 g/mol. The molecule has 1 saturated heterocycles. The fraction of sp³-hybridized carbons (Fsp3) is 1.00. The Hall–Kier alpha value is 0.440. The first-order chi connectivity index (χ1) is 4.47. The minimum Gasteiger partial charge on any atom is -0.316 e. The highest BCUT2D eigenvalue weighted by atomic mass is 79.9. The fourth-order valence-corrected chi connectivity index (χ4v) is 2.28. The molecule has 1 aliphatic heterocycles. The third-order valence-electron chi connectivity index (χ3n) is 2.88. The maximum absolute atomic E-state index is 3.46. The number of halogens is 1. The second-order valence-corrected chi connectivity index (χ2v) is 3.46. The molecule has 1 saturated carbocycles. The first-order valence-corrected chi connectivity index (χ1v) is 4.17. The first kappa shape index (κ1) is 8.54. The van der Waals surface area contributed by atoms with Gasteiger partial charge in [-0.2, -0.15) is 0 Å². The third-order valence-corrected chi connectivity index (χ3v) is 2.88. The maximum atomic E-state index is 3.46. The van der Waals surface area contributed by atoms with E-state index in [9.17, 15) is 0 Å². The van der Waals surface area contributed by atoms with Crippen molar-refractivity contribution in [2.75, 3.05) is 13.1 Å². The van der Waals surface area contributed by atoms with Crippen molar-refractivity contribution in [1.29, 1.82) is 0 Å². The van der Waals surface area contributed by atoms with Gasteiger partial charge in [0.15, 0.2) is 0 Å². The van der Waals surface area contributed by atoms with E-state index in [-0.39, 0.29) is 17.0 Å². The summed E-state index contributed by atoms with van der Waals surface area (Å²) in [6.45, 7) is 2.62. The quantitative estimate of drug-likeness (QED) is 0.639. The number of nitrogens with one attached hydrogen (secondary N) is 1. The zero-order valence-corrected chi connectivity index (χ0v) is 8.02. The molecule has 60 valence electrons. The lowest BCUT2D eigenvalue weighted by molar-refractivity contribution is 0.299. The molecule has 1 heterocycles. The van der Waals surface area contributed by atoms with Crippen LogP contribution in [-0.2, 0) is 0 Å². The van der Waals surface area contributed by atoms with Gasteiger partial charge in [0.25, 0.3) is 0 Å². The highest BCUT2D eigenvalue weighted by molar-refractivity contribution is 8.93. The van der Waals surface area contributed by atoms with E-state index in [1.54, 1.807) is 0 Å². The molecule has 2 rings (SSSR count). The summed E-state index contributed by atoms with van der Waals surface area (Å²) >= 11 is 0. The second kappa shape index (κ2) is 3.72. The smallest absolute Gasteiger partial charge is 0.00173 e. The van der Waals surface area contributed by atoms with Gasteiger partial charge in [0.1, 0.15) is 0 Å². The average Bonchev–Trinajstić information content (AvgIpc) is 2.33. The van der Waals surface area contributed by atoms with Crippen molar-refractivity contribution in [3.05, 3.63) is 0 Å². The molecule has 0 bridgehead atoms. The number of fused-ring (bicyclic) bond motifs is 1. The molecule has 2 atom stereocenters. The lowest BCUT2D eigenvalue weighted by Crippen LogP contribution is -2.16. The molecule has 1 N–H and O–H groups in total. The van der Waals surface area contributed by atoms with Gasteiger partial charge in [0, 0.05) is 0 Å². The Morgan fingerprint density at radius 1 is 0.900 bits per heavy atom. The Morgan fingerprint density at radius 3 is 1.90 bits per heavy atom. The molecule has 0 aromatic carbocycles. The lowest BCUT2D eigenvalue weighted by Gasteiger charge is -2.23. The van der Waals surface area contributed by atoms with Crippen LogP contribution in [0.15, 0.2) is 0 Å². The van der Waals surface area contributed by atoms with Crippen molar-refractivity contribution in [1.82, 2.24) is 5.32 Å². The second-order valence-electron chi connectivity index (χ2n) is 3.46. The number of hydrogen-bond donors (Lipinski definition) is 1. The first-order valence-electron chi connectivity index (χ1n) is 4.17. The van der Waals surface area contributed by atoms with Gasteiger partial charge in [-0.25, -0.2) is 0 Å². The predicted octanol–water partition coefficient (Wildman–Crippen LogP) is 1.97. The standard InChI is InChI=1S/C8H15N.BrH/c1-2-4-8-6-9-5-7(8)3-1;/h7-9H,1-6H2;1H/t7-,8+;. The van der Waals surface area contributed by atoms with Crippen LogP contribution in [0.5, 0.6) is 0 Å². The monoisotopic (exact) mass is 205 g/mol. The molecule has 1 aliphatic carbocycles. The number of rotatable bonds is 0. The van der Waals surface area contributed by atoms with Crippen molar-refractivity contribution in [2.24, 2.45) is 11.8 Å². The topological polar surface area (TPSA) is 12.0 Å². The minimum atomic E-state index is 0. The lowest BCUT2D eigenvalue weighted by atomic mass is 9.82. The van der Waals surface area contributed by atoms with Gasteiger partial charge in [-0.1, -0.05) is 12.8 Å². The van der Waals surface area contributed by atoms with E-state index in [2.05, 4.69) is 5.32 Å². The summed E-state index contributed by atoms with van der Waals surface area (Å²) in [6, 6.07) is 0. The van der Waals surface area contributed by atoms with Crippen LogP contribution in [0.1, 0.15) is 25.7 Å². The van der Waals surface area contributed by atoms with Gasteiger partial charge in [0.05, 0.1) is 0 Å². The SMILES string of the molecule is Br.C1CC[C@H]2CNC[C@H]2C1. The van der Waals surface area contributed by atoms with Crippen LogP contribution >= 0.6 is 17.0 Å². The summed E-state index contributed by atoms with van der Waals surface area (Å²) in [5.74, 6) is 2.11. The Bertz CT molecular complexity index is 93.4. The zero-order valence-electron chi connectivity index (χ0n) is 6.31. The summed E-state index contributed by atoms with van der Waals surface area (Å²) in [7, 11) is 0. The van der Waals surface area contributed by atoms with Crippen LogP contribution in [0.2, 0.25) is 0 Å². The van der Waals surface area contributed by atoms with Crippen LogP contribution in [0.25, 0.3) is 0 Å².